The van der Waals surface area contributed by atoms with E-state index < -0.39 is 11.7 Å². The van der Waals surface area contributed by atoms with Crippen LogP contribution in [-0.2, 0) is 11.0 Å². The van der Waals surface area contributed by atoms with Gasteiger partial charge in [0, 0.05) is 32.1 Å². The maximum Gasteiger partial charge on any atom is 0.416 e. The number of aryl methyl sites for hydroxylation is 1. The molecule has 0 unspecified atom stereocenters. The van der Waals surface area contributed by atoms with Gasteiger partial charge in [0.15, 0.2) is 0 Å². The van der Waals surface area contributed by atoms with E-state index >= 15 is 0 Å². The zero-order valence-electron chi connectivity index (χ0n) is 23.8. The van der Waals surface area contributed by atoms with E-state index in [0.717, 1.165) is 25.0 Å². The van der Waals surface area contributed by atoms with Gasteiger partial charge in [0.2, 0.25) is 17.8 Å². The Kier molecular flexibility index (Phi) is 10.1. The van der Waals surface area contributed by atoms with Gasteiger partial charge in [0.05, 0.1) is 33.0 Å². The van der Waals surface area contributed by atoms with Crippen molar-refractivity contribution in [2.45, 2.75) is 63.7 Å². The lowest BCUT2D eigenvalue weighted by molar-refractivity contribution is -0.137. The van der Waals surface area contributed by atoms with E-state index in [9.17, 15) is 22.8 Å². The second-order valence-electron chi connectivity index (χ2n) is 10.6. The number of amides is 3. The fourth-order valence-corrected chi connectivity index (χ4v) is 6.10. The topological polar surface area (TPSA) is 142 Å². The van der Waals surface area contributed by atoms with Gasteiger partial charge in [-0.3, -0.25) is 9.36 Å². The molecule has 4 rings (SSSR count). The molecule has 1 atom stereocenters. The highest BCUT2D eigenvalue weighted by Gasteiger charge is 2.33. The number of likely N-dealkylation sites (tertiary alicyclic amines) is 1. The van der Waals surface area contributed by atoms with Gasteiger partial charge >= 0.3 is 12.2 Å². The van der Waals surface area contributed by atoms with Crippen LogP contribution in [0.25, 0.3) is 0 Å². The molecule has 1 saturated heterocycles. The largest absolute Gasteiger partial charge is 0.416 e. The normalized spacial score (nSPS) is 21.3. The number of carbonyl (C=O) groups is 2. The molecule has 0 bridgehead atoms. The minimum absolute atomic E-state index is 0.0622. The summed E-state index contributed by atoms with van der Waals surface area (Å²) in [7, 11) is 1.57. The number of guanidine groups is 1. The molecule has 0 radical (unpaired) electrons. The number of hydrogen-bond acceptors (Lipinski definition) is 5. The van der Waals surface area contributed by atoms with E-state index in [2.05, 4.69) is 32.6 Å². The molecule has 1 saturated carbocycles. The lowest BCUT2D eigenvalue weighted by atomic mass is 9.85. The van der Waals surface area contributed by atoms with E-state index in [1.165, 1.54) is 0 Å². The Labute approximate surface area is 257 Å². The van der Waals surface area contributed by atoms with Gasteiger partial charge in [-0.05, 0) is 64.3 Å². The number of benzene rings is 1. The van der Waals surface area contributed by atoms with E-state index in [-0.39, 0.29) is 57.6 Å². The first kappa shape index (κ1) is 32.4. The van der Waals surface area contributed by atoms with Crippen LogP contribution in [0.5, 0.6) is 0 Å². The van der Waals surface area contributed by atoms with Crippen LogP contribution in [0.3, 0.4) is 0 Å². The van der Waals surface area contributed by atoms with Crippen molar-refractivity contribution in [2.24, 2.45) is 21.6 Å². The fraction of sp³-hybridized carbons (Fsp3) is 0.519. The number of carbonyl (C=O) groups excluding carboxylic acids is 2. The summed E-state index contributed by atoms with van der Waals surface area (Å²) in [5, 5.41) is 8.42. The number of aromatic nitrogens is 2. The highest BCUT2D eigenvalue weighted by atomic mass is 35.5. The SMILES string of the molecule is C=NC(=N[C@@H]1CCCN(C(=O)NC)C1)Nc1c(C)nc(Nc2c(Cl)cc(C(F)(F)F)cc2Cl)n1C1CCC(C(N)=O)CC1. The zero-order valence-corrected chi connectivity index (χ0v) is 25.3. The maximum atomic E-state index is 13.3. The lowest BCUT2D eigenvalue weighted by Crippen LogP contribution is -2.45. The molecule has 1 aromatic carbocycles. The van der Waals surface area contributed by atoms with E-state index in [1.807, 2.05) is 4.57 Å². The first-order valence-corrected chi connectivity index (χ1v) is 14.6. The van der Waals surface area contributed by atoms with Gasteiger partial charge in [-0.15, -0.1) is 0 Å². The number of halogens is 5. The van der Waals surface area contributed by atoms with Crippen LogP contribution in [0.4, 0.5) is 35.4 Å². The average Bonchev–Trinajstić information content (AvgIpc) is 3.27. The summed E-state index contributed by atoms with van der Waals surface area (Å²) in [5.41, 5.74) is 5.17. The summed E-state index contributed by atoms with van der Waals surface area (Å²) in [5.74, 6) is 0.404. The number of imidazole rings is 1. The smallest absolute Gasteiger partial charge is 0.369 e. The van der Waals surface area contributed by atoms with Crippen molar-refractivity contribution >= 4 is 65.3 Å². The Hall–Kier alpha value is -3.52. The number of urea groups is 1. The van der Waals surface area contributed by atoms with Gasteiger partial charge < -0.3 is 26.6 Å². The molecule has 1 aliphatic heterocycles. The fourth-order valence-electron chi connectivity index (χ4n) is 5.52. The second kappa shape index (κ2) is 13.4. The molecule has 11 nitrogen and oxygen atoms in total. The number of alkyl halides is 3. The zero-order chi connectivity index (χ0) is 31.5. The third-order valence-corrected chi connectivity index (χ3v) is 8.33. The maximum absolute atomic E-state index is 13.3. The number of rotatable bonds is 6. The second-order valence-corrected chi connectivity index (χ2v) is 11.4. The highest BCUT2D eigenvalue weighted by Crippen LogP contribution is 2.42. The van der Waals surface area contributed by atoms with Crippen LogP contribution in [0.2, 0.25) is 10.0 Å². The molecule has 2 aliphatic rings. The number of nitrogens with zero attached hydrogens (tertiary/aromatic N) is 5. The standard InChI is InChI=1S/C27H34Cl2F3N9O2/c1-14-23(39-24(34-2)37-17-5-4-10-40(13-17)26(43)35-3)41(18-8-6-15(7-9-18)22(33)42)25(36-14)38-21-19(28)11-16(12-20(21)29)27(30,31)32/h11-12,15,17-18H,2,4-10,13H2,1,3H3,(H2,33,42)(H,35,43)(H,36,38)(H,37,39)/t15?,17-,18?/m1/s1. The van der Waals surface area contributed by atoms with E-state index in [0.29, 0.717) is 50.3 Å². The summed E-state index contributed by atoms with van der Waals surface area (Å²) < 4.78 is 41.8. The molecule has 43 heavy (non-hydrogen) atoms. The first-order chi connectivity index (χ1) is 20.3. The number of aliphatic imine (C=N–C) groups is 2. The molecule has 2 heterocycles. The Morgan fingerprint density at radius 2 is 1.79 bits per heavy atom. The molecule has 2 aromatic rings. The van der Waals surface area contributed by atoms with Crippen molar-refractivity contribution in [1.82, 2.24) is 19.8 Å². The van der Waals surface area contributed by atoms with E-state index in [4.69, 9.17) is 33.9 Å². The van der Waals surface area contributed by atoms with Crippen LogP contribution in [-0.4, -0.2) is 65.2 Å². The minimum atomic E-state index is -4.62. The predicted octanol–water partition coefficient (Wildman–Crippen LogP) is 5.75. The van der Waals surface area contributed by atoms with Crippen LogP contribution in [0.1, 0.15) is 55.8 Å². The molecule has 1 aromatic heterocycles. The summed E-state index contributed by atoms with van der Waals surface area (Å²) in [6.45, 7) is 6.45. The third-order valence-electron chi connectivity index (χ3n) is 7.74. The Bertz CT molecular complexity index is 1380. The third kappa shape index (κ3) is 7.53. The summed E-state index contributed by atoms with van der Waals surface area (Å²) >= 11 is 12.5. The predicted molar refractivity (Wildman–Crippen MR) is 162 cm³/mol. The number of anilines is 3. The van der Waals surface area contributed by atoms with Crippen molar-refractivity contribution in [3.8, 4) is 0 Å². The molecule has 16 heteroatoms. The Balaban J connectivity index is 1.69. The Morgan fingerprint density at radius 1 is 1.14 bits per heavy atom. The van der Waals surface area contributed by atoms with Gasteiger partial charge in [0.1, 0.15) is 5.82 Å². The molecule has 1 aliphatic carbocycles. The molecule has 5 N–H and O–H groups in total. The van der Waals surface area contributed by atoms with Crippen molar-refractivity contribution in [3.63, 3.8) is 0 Å². The molecule has 0 spiro atoms. The van der Waals surface area contributed by atoms with Gasteiger partial charge in [0.25, 0.3) is 0 Å². The number of primary amides is 1. The number of hydrogen-bond donors (Lipinski definition) is 4. The monoisotopic (exact) mass is 643 g/mol. The van der Waals surface area contributed by atoms with E-state index in [1.54, 1.807) is 18.9 Å². The quantitative estimate of drug-likeness (QED) is 0.234. The summed E-state index contributed by atoms with van der Waals surface area (Å²) in [4.78, 5) is 39.1. The lowest BCUT2D eigenvalue weighted by Gasteiger charge is -2.31. The van der Waals surface area contributed by atoms with Crippen molar-refractivity contribution < 1.29 is 22.8 Å². The van der Waals surface area contributed by atoms with Crippen LogP contribution < -0.4 is 21.7 Å². The number of nitrogens with two attached hydrogens (primary N) is 1. The first-order valence-electron chi connectivity index (χ1n) is 13.8. The van der Waals surface area contributed by atoms with Crippen molar-refractivity contribution in [2.75, 3.05) is 30.8 Å². The molecular weight excluding hydrogens is 610 g/mol. The number of nitrogens with one attached hydrogen (secondary N) is 3. The van der Waals surface area contributed by atoms with Crippen LogP contribution in [0.15, 0.2) is 22.1 Å². The summed E-state index contributed by atoms with van der Waals surface area (Å²) in [6.07, 6.45) is -0.833. The minimum Gasteiger partial charge on any atom is -0.369 e. The van der Waals surface area contributed by atoms with Crippen molar-refractivity contribution in [1.29, 1.82) is 0 Å². The Morgan fingerprint density at radius 3 is 2.35 bits per heavy atom. The number of piperidine rings is 1. The van der Waals surface area contributed by atoms with Crippen LogP contribution in [0, 0.1) is 12.8 Å². The van der Waals surface area contributed by atoms with Gasteiger partial charge in [-0.25, -0.2) is 19.8 Å². The molecule has 3 amide bonds. The van der Waals surface area contributed by atoms with Crippen molar-refractivity contribution in [3.05, 3.63) is 33.4 Å². The average molecular weight is 645 g/mol. The van der Waals surface area contributed by atoms with Gasteiger partial charge in [-0.1, -0.05) is 23.2 Å². The molecular formula is C27H34Cl2F3N9O2. The van der Waals surface area contributed by atoms with Gasteiger partial charge in [-0.2, -0.15) is 13.2 Å². The van der Waals surface area contributed by atoms with Crippen LogP contribution >= 0.6 is 23.2 Å². The summed E-state index contributed by atoms with van der Waals surface area (Å²) in [6, 6.07) is 1.03. The molecule has 234 valence electrons. The highest BCUT2D eigenvalue weighted by molar-refractivity contribution is 6.39. The molecule has 2 fully saturated rings.